The first-order valence-electron chi connectivity index (χ1n) is 8.63. The standard InChI is InChI=1S/C7H12O4/c1-3-8-7(9-4-1)10-5-2-6-11-7/h1-6H2/i1D2,2D2,3D2,4D2,5D2,6D2. The molecule has 2 aliphatic rings. The van der Waals surface area contributed by atoms with Gasteiger partial charge in [0.1, 0.15) is 0 Å². The molecule has 0 amide bonds. The molecular weight excluding hydrogens is 148 g/mol. The van der Waals surface area contributed by atoms with Gasteiger partial charge in [-0.1, -0.05) is 0 Å². The highest BCUT2D eigenvalue weighted by molar-refractivity contribution is 4.55. The summed E-state index contributed by atoms with van der Waals surface area (Å²) in [7, 11) is 0. The number of hydrogen-bond acceptors (Lipinski definition) is 4. The summed E-state index contributed by atoms with van der Waals surface area (Å²) in [5.41, 5.74) is 0. The van der Waals surface area contributed by atoms with Gasteiger partial charge in [-0.15, -0.1) is 0 Å². The van der Waals surface area contributed by atoms with Crippen LogP contribution in [0.15, 0.2) is 0 Å². The van der Waals surface area contributed by atoms with Crippen LogP contribution in [-0.4, -0.2) is 32.4 Å². The van der Waals surface area contributed by atoms with Crippen molar-refractivity contribution in [3.8, 4) is 0 Å². The first-order chi connectivity index (χ1) is 9.83. The molecule has 0 atom stereocenters. The number of hydrogen-bond donors (Lipinski definition) is 0. The molecule has 0 aromatic carbocycles. The van der Waals surface area contributed by atoms with Crippen molar-refractivity contribution in [1.82, 2.24) is 0 Å². The normalized spacial score (nSPS) is 74.2. The summed E-state index contributed by atoms with van der Waals surface area (Å²) >= 11 is 0. The van der Waals surface area contributed by atoms with E-state index in [0.717, 1.165) is 0 Å². The van der Waals surface area contributed by atoms with Gasteiger partial charge in [0.25, 0.3) is 0 Å². The molecule has 0 N–H and O–H groups in total. The Kier molecular flexibility index (Phi) is 0.515. The van der Waals surface area contributed by atoms with Crippen LogP contribution < -0.4 is 0 Å². The Balaban J connectivity index is 2.53. The third-order valence-corrected chi connectivity index (χ3v) is 0.908. The second kappa shape index (κ2) is 3.06. The smallest absolute Gasteiger partial charge is 0.303 e. The van der Waals surface area contributed by atoms with E-state index in [9.17, 15) is 0 Å². The fourth-order valence-corrected chi connectivity index (χ4v) is 0.519. The SMILES string of the molecule is [2H]C1([2H])OC2(OC([2H])([2H])C1([2H])[2H])OC([2H])([2H])C([2H])([2H])C([2H])([2H])O2. The quantitative estimate of drug-likeness (QED) is 0.532. The molecule has 2 saturated heterocycles. The van der Waals surface area contributed by atoms with Gasteiger partial charge < -0.3 is 18.9 Å². The maximum atomic E-state index is 7.45. The van der Waals surface area contributed by atoms with Gasteiger partial charge in [0.2, 0.25) is 0 Å². The summed E-state index contributed by atoms with van der Waals surface area (Å²) in [6.07, 6.45) is -10.3. The largest absolute Gasteiger partial charge is 0.412 e. The molecule has 2 fully saturated rings. The van der Waals surface area contributed by atoms with Gasteiger partial charge in [-0.05, 0) is 12.7 Å². The third kappa shape index (κ3) is 1.54. The Morgan fingerprint density at radius 1 is 0.818 bits per heavy atom. The van der Waals surface area contributed by atoms with Crippen LogP contribution in [0.2, 0.25) is 0 Å². The molecule has 4 nitrogen and oxygen atoms in total. The average molecular weight is 172 g/mol. The summed E-state index contributed by atoms with van der Waals surface area (Å²) in [5.74, 6) is 0. The van der Waals surface area contributed by atoms with E-state index in [1.807, 2.05) is 0 Å². The zero-order valence-electron chi connectivity index (χ0n) is 17.1. The molecule has 0 unspecified atom stereocenters. The van der Waals surface area contributed by atoms with Crippen LogP contribution in [0.5, 0.6) is 0 Å². The van der Waals surface area contributed by atoms with Gasteiger partial charge in [-0.3, -0.25) is 0 Å². The second-order valence-electron chi connectivity index (χ2n) is 1.57. The predicted octanol–water partition coefficient (Wildman–Crippen LogP) is 0.472. The van der Waals surface area contributed by atoms with E-state index >= 15 is 0 Å². The molecule has 2 heterocycles. The monoisotopic (exact) mass is 172 g/mol. The summed E-state index contributed by atoms with van der Waals surface area (Å²) < 4.78 is 107. The van der Waals surface area contributed by atoms with Crippen molar-refractivity contribution < 1.29 is 35.4 Å². The van der Waals surface area contributed by atoms with Gasteiger partial charge >= 0.3 is 6.16 Å². The van der Waals surface area contributed by atoms with Crippen molar-refractivity contribution in [2.75, 3.05) is 26.2 Å². The van der Waals surface area contributed by atoms with E-state index in [-0.39, 0.29) is 0 Å². The van der Waals surface area contributed by atoms with Crippen LogP contribution in [-0.2, 0) is 18.9 Å². The van der Waals surface area contributed by atoms with Crippen LogP contribution in [0.25, 0.3) is 0 Å². The highest BCUT2D eigenvalue weighted by atomic mass is 17.0. The molecule has 4 heteroatoms. The maximum absolute atomic E-state index is 7.45. The highest BCUT2D eigenvalue weighted by Crippen LogP contribution is 2.25. The minimum atomic E-state index is -3.48. The summed E-state index contributed by atoms with van der Waals surface area (Å²) in [5, 5.41) is 0. The van der Waals surface area contributed by atoms with E-state index in [1.54, 1.807) is 0 Å². The molecule has 2 aliphatic heterocycles. The Morgan fingerprint density at radius 2 is 1.18 bits per heavy atom. The van der Waals surface area contributed by atoms with Crippen LogP contribution in [0.3, 0.4) is 0 Å². The predicted molar refractivity (Wildman–Crippen MR) is 35.8 cm³/mol. The van der Waals surface area contributed by atoms with Crippen molar-refractivity contribution >= 4 is 0 Å². The van der Waals surface area contributed by atoms with E-state index < -0.39 is 45.1 Å². The molecule has 64 valence electrons. The summed E-state index contributed by atoms with van der Waals surface area (Å²) in [4.78, 5) is 0. The van der Waals surface area contributed by atoms with E-state index in [1.165, 1.54) is 0 Å². The lowest BCUT2D eigenvalue weighted by molar-refractivity contribution is -0.524. The number of rotatable bonds is 0. The first-order valence-corrected chi connectivity index (χ1v) is 2.63. The Morgan fingerprint density at radius 3 is 1.55 bits per heavy atom. The summed E-state index contributed by atoms with van der Waals surface area (Å²) in [6.45, 7) is -13.9. The maximum Gasteiger partial charge on any atom is 0.412 e. The lowest BCUT2D eigenvalue weighted by atomic mass is 10.4. The van der Waals surface area contributed by atoms with Crippen molar-refractivity contribution in [3.63, 3.8) is 0 Å². The van der Waals surface area contributed by atoms with Crippen LogP contribution in [0.1, 0.15) is 29.2 Å². The van der Waals surface area contributed by atoms with Crippen molar-refractivity contribution in [1.29, 1.82) is 0 Å². The topological polar surface area (TPSA) is 36.9 Å². The fraction of sp³-hybridized carbons (Fsp3) is 1.00. The summed E-state index contributed by atoms with van der Waals surface area (Å²) in [6, 6.07) is 0. The molecule has 0 radical (unpaired) electrons. The lowest BCUT2D eigenvalue weighted by Crippen LogP contribution is -2.48. The van der Waals surface area contributed by atoms with Gasteiger partial charge in [-0.25, -0.2) is 0 Å². The van der Waals surface area contributed by atoms with Crippen molar-refractivity contribution in [2.24, 2.45) is 0 Å². The van der Waals surface area contributed by atoms with Gasteiger partial charge in [0.15, 0.2) is 0 Å². The molecule has 1 spiro atoms. The molecule has 11 heavy (non-hydrogen) atoms. The van der Waals surface area contributed by atoms with Gasteiger partial charge in [0.05, 0.1) is 37.2 Å². The average Bonchev–Trinajstić information content (AvgIpc) is 2.21. The third-order valence-electron chi connectivity index (χ3n) is 0.908. The van der Waals surface area contributed by atoms with Gasteiger partial charge in [0, 0.05) is 5.48 Å². The first kappa shape index (κ1) is 1.85. The van der Waals surface area contributed by atoms with Crippen molar-refractivity contribution in [3.05, 3.63) is 0 Å². The second-order valence-corrected chi connectivity index (χ2v) is 1.57. The molecule has 0 saturated carbocycles. The minimum absolute atomic E-state index is 3.39. The van der Waals surface area contributed by atoms with E-state index in [0.29, 0.717) is 0 Å². The molecule has 0 aromatic heterocycles. The Labute approximate surface area is 82.2 Å². The van der Waals surface area contributed by atoms with Crippen LogP contribution >= 0.6 is 0 Å². The highest BCUT2D eigenvalue weighted by Gasteiger charge is 2.39. The molecule has 2 rings (SSSR count). The van der Waals surface area contributed by atoms with E-state index in [4.69, 9.17) is 16.4 Å². The van der Waals surface area contributed by atoms with Crippen LogP contribution in [0.4, 0.5) is 0 Å². The molecule has 0 bridgehead atoms. The zero-order chi connectivity index (χ0) is 18.3. The number of ether oxygens (including phenoxy) is 4. The van der Waals surface area contributed by atoms with Crippen LogP contribution in [0, 0.1) is 0 Å². The molecule has 0 aromatic rings. The Hall–Kier alpha value is -0.160. The van der Waals surface area contributed by atoms with Gasteiger partial charge in [-0.2, -0.15) is 0 Å². The molecular formula is C7H12O4. The Bertz CT molecular complexity index is 426. The molecule has 0 aliphatic carbocycles. The minimum Gasteiger partial charge on any atom is -0.303 e. The van der Waals surface area contributed by atoms with E-state index in [2.05, 4.69) is 18.9 Å². The fourth-order valence-electron chi connectivity index (χ4n) is 0.519. The lowest BCUT2D eigenvalue weighted by Gasteiger charge is -2.37. The zero-order valence-corrected chi connectivity index (χ0v) is 5.13. The van der Waals surface area contributed by atoms with Crippen molar-refractivity contribution in [2.45, 2.75) is 18.9 Å².